The molecular formula is C23H28N4O2. The summed E-state index contributed by atoms with van der Waals surface area (Å²) in [6, 6.07) is 15.5. The lowest BCUT2D eigenvalue weighted by Crippen LogP contribution is -2.54. The number of rotatable bonds is 6. The maximum atomic E-state index is 12.6. The smallest absolute Gasteiger partial charge is 0.237 e. The van der Waals surface area contributed by atoms with E-state index >= 15 is 0 Å². The molecule has 1 saturated heterocycles. The summed E-state index contributed by atoms with van der Waals surface area (Å²) in [4.78, 5) is 20.3. The average molecular weight is 393 g/mol. The lowest BCUT2D eigenvalue weighted by atomic mass is 10.1. The van der Waals surface area contributed by atoms with Crippen molar-refractivity contribution in [1.29, 1.82) is 0 Å². The molecule has 0 saturated carbocycles. The summed E-state index contributed by atoms with van der Waals surface area (Å²) in [5.41, 5.74) is 3.22. The minimum atomic E-state index is -0.163. The Morgan fingerprint density at radius 1 is 1.10 bits per heavy atom. The Morgan fingerprint density at radius 3 is 2.62 bits per heavy atom. The number of hydrogen-bond acceptors (Lipinski definition) is 4. The molecule has 1 aliphatic heterocycles. The van der Waals surface area contributed by atoms with Crippen LogP contribution in [0.25, 0.3) is 10.9 Å². The van der Waals surface area contributed by atoms with Crippen LogP contribution in [0.5, 0.6) is 5.75 Å². The molecule has 1 unspecified atom stereocenters. The molecule has 6 heteroatoms. The Kier molecular flexibility index (Phi) is 5.71. The van der Waals surface area contributed by atoms with Gasteiger partial charge in [0.05, 0.1) is 11.7 Å². The van der Waals surface area contributed by atoms with Crippen LogP contribution < -0.4 is 10.2 Å². The summed E-state index contributed by atoms with van der Waals surface area (Å²) in [5, 5.41) is 14.4. The van der Waals surface area contributed by atoms with Crippen LogP contribution in [0, 0.1) is 0 Å². The number of carbonyl (C=O) groups excluding carboxylic acids is 1. The van der Waals surface area contributed by atoms with Gasteiger partial charge in [-0.25, -0.2) is 0 Å². The highest BCUT2D eigenvalue weighted by molar-refractivity contribution is 5.83. The molecule has 4 rings (SSSR count). The van der Waals surface area contributed by atoms with E-state index < -0.39 is 0 Å². The van der Waals surface area contributed by atoms with Gasteiger partial charge in [0.2, 0.25) is 5.91 Å². The van der Waals surface area contributed by atoms with Crippen molar-refractivity contribution in [3.8, 4) is 5.75 Å². The third kappa shape index (κ3) is 4.22. The van der Waals surface area contributed by atoms with Crippen molar-refractivity contribution in [2.75, 3.05) is 37.6 Å². The Bertz CT molecular complexity index is 976. The normalized spacial score (nSPS) is 16.1. The zero-order valence-corrected chi connectivity index (χ0v) is 16.8. The Labute approximate surface area is 171 Å². The van der Waals surface area contributed by atoms with Crippen LogP contribution in [0.3, 0.4) is 0 Å². The number of phenols is 1. The first-order valence-corrected chi connectivity index (χ1v) is 10.2. The maximum absolute atomic E-state index is 12.6. The Hall–Kier alpha value is -2.99. The SMILES string of the molecule is CC(C(=O)NCCc1c[nH]c2ccccc12)N1CCN(c2ccccc2O)CC1. The minimum Gasteiger partial charge on any atom is -0.506 e. The van der Waals surface area contributed by atoms with E-state index in [0.29, 0.717) is 12.3 Å². The summed E-state index contributed by atoms with van der Waals surface area (Å²) in [7, 11) is 0. The van der Waals surface area contributed by atoms with E-state index in [2.05, 4.69) is 32.2 Å². The number of anilines is 1. The van der Waals surface area contributed by atoms with Crippen molar-refractivity contribution in [1.82, 2.24) is 15.2 Å². The van der Waals surface area contributed by atoms with Crippen LogP contribution in [-0.2, 0) is 11.2 Å². The summed E-state index contributed by atoms with van der Waals surface area (Å²) >= 11 is 0. The molecule has 1 aromatic heterocycles. The van der Waals surface area contributed by atoms with Gasteiger partial charge in [-0.3, -0.25) is 9.69 Å². The van der Waals surface area contributed by atoms with Gasteiger partial charge in [0.25, 0.3) is 0 Å². The topological polar surface area (TPSA) is 71.6 Å². The van der Waals surface area contributed by atoms with Gasteiger partial charge in [-0.15, -0.1) is 0 Å². The summed E-state index contributed by atoms with van der Waals surface area (Å²) < 4.78 is 0. The molecule has 1 aliphatic rings. The molecule has 6 nitrogen and oxygen atoms in total. The number of H-pyrrole nitrogens is 1. The minimum absolute atomic E-state index is 0.0702. The molecule has 0 spiro atoms. The lowest BCUT2D eigenvalue weighted by molar-refractivity contribution is -0.125. The molecule has 2 aromatic carbocycles. The molecule has 0 radical (unpaired) electrons. The van der Waals surface area contributed by atoms with Crippen LogP contribution in [0.1, 0.15) is 12.5 Å². The van der Waals surface area contributed by atoms with E-state index in [1.165, 1.54) is 10.9 Å². The van der Waals surface area contributed by atoms with E-state index in [0.717, 1.165) is 43.8 Å². The van der Waals surface area contributed by atoms with Crippen molar-refractivity contribution in [2.45, 2.75) is 19.4 Å². The van der Waals surface area contributed by atoms with Crippen molar-refractivity contribution in [3.05, 3.63) is 60.3 Å². The number of nitrogens with one attached hydrogen (secondary N) is 2. The van der Waals surface area contributed by atoms with Crippen LogP contribution in [-0.4, -0.2) is 59.7 Å². The highest BCUT2D eigenvalue weighted by Gasteiger charge is 2.26. The molecule has 3 aromatic rings. The fourth-order valence-corrected chi connectivity index (χ4v) is 4.05. The first kappa shape index (κ1) is 19.3. The van der Waals surface area contributed by atoms with Gasteiger partial charge in [0, 0.05) is 49.8 Å². The van der Waals surface area contributed by atoms with Crippen molar-refractivity contribution >= 4 is 22.5 Å². The van der Waals surface area contributed by atoms with Crippen LogP contribution >= 0.6 is 0 Å². The van der Waals surface area contributed by atoms with E-state index in [9.17, 15) is 9.90 Å². The van der Waals surface area contributed by atoms with Gasteiger partial charge in [0.15, 0.2) is 0 Å². The van der Waals surface area contributed by atoms with Crippen molar-refractivity contribution in [2.24, 2.45) is 0 Å². The van der Waals surface area contributed by atoms with Gasteiger partial charge in [-0.1, -0.05) is 30.3 Å². The second-order valence-corrected chi connectivity index (χ2v) is 7.59. The third-order valence-electron chi connectivity index (χ3n) is 5.83. The molecule has 1 atom stereocenters. The first-order valence-electron chi connectivity index (χ1n) is 10.2. The number of aromatic amines is 1. The van der Waals surface area contributed by atoms with Crippen LogP contribution in [0.4, 0.5) is 5.69 Å². The van der Waals surface area contributed by atoms with Gasteiger partial charge in [0.1, 0.15) is 5.75 Å². The molecule has 1 fully saturated rings. The summed E-state index contributed by atoms with van der Waals surface area (Å²) in [5.74, 6) is 0.380. The van der Waals surface area contributed by atoms with Gasteiger partial charge in [-0.2, -0.15) is 0 Å². The average Bonchev–Trinajstić information content (AvgIpc) is 3.17. The summed E-state index contributed by atoms with van der Waals surface area (Å²) in [6.45, 7) is 5.78. The molecular weight excluding hydrogens is 364 g/mol. The third-order valence-corrected chi connectivity index (χ3v) is 5.83. The van der Waals surface area contributed by atoms with E-state index in [-0.39, 0.29) is 11.9 Å². The number of para-hydroxylation sites is 3. The molecule has 0 aliphatic carbocycles. The van der Waals surface area contributed by atoms with Gasteiger partial charge in [-0.05, 0) is 37.1 Å². The fourth-order valence-electron chi connectivity index (χ4n) is 4.05. The molecule has 3 N–H and O–H groups in total. The number of hydrogen-bond donors (Lipinski definition) is 3. The maximum Gasteiger partial charge on any atom is 0.237 e. The van der Waals surface area contributed by atoms with Crippen molar-refractivity contribution < 1.29 is 9.90 Å². The van der Waals surface area contributed by atoms with Crippen LogP contribution in [0.15, 0.2) is 54.7 Å². The van der Waals surface area contributed by atoms with E-state index in [1.54, 1.807) is 6.07 Å². The quantitative estimate of drug-likeness (QED) is 0.603. The number of phenolic OH excluding ortho intramolecular Hbond substituents is 1. The molecule has 1 amide bonds. The summed E-state index contributed by atoms with van der Waals surface area (Å²) in [6.07, 6.45) is 2.84. The zero-order valence-electron chi connectivity index (χ0n) is 16.8. The molecule has 29 heavy (non-hydrogen) atoms. The highest BCUT2D eigenvalue weighted by Crippen LogP contribution is 2.27. The standard InChI is InChI=1S/C23H28N4O2/c1-17(26-12-14-27(15-13-26)21-8-4-5-9-22(21)28)23(29)24-11-10-18-16-25-20-7-3-2-6-19(18)20/h2-9,16-17,25,28H,10-15H2,1H3,(H,24,29). The van der Waals surface area contributed by atoms with Crippen molar-refractivity contribution in [3.63, 3.8) is 0 Å². The Morgan fingerprint density at radius 2 is 1.83 bits per heavy atom. The second-order valence-electron chi connectivity index (χ2n) is 7.59. The number of piperazine rings is 1. The number of amides is 1. The number of carbonyl (C=O) groups is 1. The van der Waals surface area contributed by atoms with Gasteiger partial charge >= 0.3 is 0 Å². The number of benzene rings is 2. The lowest BCUT2D eigenvalue weighted by Gasteiger charge is -2.38. The molecule has 152 valence electrons. The monoisotopic (exact) mass is 392 g/mol. The van der Waals surface area contributed by atoms with E-state index in [1.807, 2.05) is 43.5 Å². The molecule has 2 heterocycles. The number of nitrogens with zero attached hydrogens (tertiary/aromatic N) is 2. The van der Waals surface area contributed by atoms with Gasteiger partial charge < -0.3 is 20.3 Å². The van der Waals surface area contributed by atoms with E-state index in [4.69, 9.17) is 0 Å². The number of aromatic hydroxyl groups is 1. The predicted molar refractivity (Wildman–Crippen MR) is 116 cm³/mol. The molecule has 0 bridgehead atoms. The fraction of sp³-hybridized carbons (Fsp3) is 0.348. The zero-order chi connectivity index (χ0) is 20.2. The first-order chi connectivity index (χ1) is 14.1. The second kappa shape index (κ2) is 8.57. The number of aromatic nitrogens is 1. The number of fused-ring (bicyclic) bond motifs is 1. The largest absolute Gasteiger partial charge is 0.506 e. The highest BCUT2D eigenvalue weighted by atomic mass is 16.3. The van der Waals surface area contributed by atoms with Crippen LogP contribution in [0.2, 0.25) is 0 Å². The Balaban J connectivity index is 1.26. The predicted octanol–water partition coefficient (Wildman–Crippen LogP) is 2.74.